The Labute approximate surface area is 170 Å². The van der Waals surface area contributed by atoms with Crippen LogP contribution >= 0.6 is 0 Å². The number of amides is 1. The molecule has 0 radical (unpaired) electrons. The number of hydrogen-bond acceptors (Lipinski definition) is 6. The van der Waals surface area contributed by atoms with Crippen molar-refractivity contribution in [2.24, 2.45) is 5.92 Å². The molecule has 0 aliphatic carbocycles. The van der Waals surface area contributed by atoms with E-state index in [4.69, 9.17) is 4.74 Å². The molecule has 0 N–H and O–H groups in total. The second-order valence-corrected chi connectivity index (χ2v) is 9.37. The Kier molecular flexibility index (Phi) is 6.74. The van der Waals surface area contributed by atoms with Crippen molar-refractivity contribution < 1.29 is 27.1 Å². The van der Waals surface area contributed by atoms with Gasteiger partial charge in [-0.25, -0.2) is 17.1 Å². The number of halogens is 1. The molecule has 0 bridgehead atoms. The first kappa shape index (κ1) is 21.5. The highest BCUT2D eigenvalue weighted by Gasteiger charge is 2.30. The van der Waals surface area contributed by atoms with Crippen LogP contribution in [0.15, 0.2) is 24.3 Å². The van der Waals surface area contributed by atoms with Gasteiger partial charge in [0.15, 0.2) is 6.61 Å². The zero-order chi connectivity index (χ0) is 21.0. The van der Waals surface area contributed by atoms with Crippen molar-refractivity contribution in [3.05, 3.63) is 30.1 Å². The number of carbonyl (C=O) groups excluding carboxylic acids is 2. The number of piperidine rings is 1. The number of rotatable bonds is 5. The topological polar surface area (TPSA) is 87.2 Å². The number of benzene rings is 1. The van der Waals surface area contributed by atoms with Gasteiger partial charge in [-0.1, -0.05) is 0 Å². The summed E-state index contributed by atoms with van der Waals surface area (Å²) in [6, 6.07) is 6.24. The highest BCUT2D eigenvalue weighted by Crippen LogP contribution is 2.21. The van der Waals surface area contributed by atoms with Gasteiger partial charge in [0.25, 0.3) is 5.91 Å². The predicted molar refractivity (Wildman–Crippen MR) is 105 cm³/mol. The minimum absolute atomic E-state index is 0.245. The molecule has 2 aliphatic heterocycles. The van der Waals surface area contributed by atoms with E-state index >= 15 is 0 Å². The summed E-state index contributed by atoms with van der Waals surface area (Å²) in [5, 5.41) is 0. The van der Waals surface area contributed by atoms with Gasteiger partial charge >= 0.3 is 5.97 Å². The maximum absolute atomic E-state index is 13.0. The van der Waals surface area contributed by atoms with Gasteiger partial charge < -0.3 is 14.5 Å². The zero-order valence-corrected chi connectivity index (χ0v) is 17.2. The van der Waals surface area contributed by atoms with E-state index in [-0.39, 0.29) is 37.3 Å². The molecular weight excluding hydrogens is 401 g/mol. The van der Waals surface area contributed by atoms with Gasteiger partial charge in [-0.2, -0.15) is 0 Å². The minimum atomic E-state index is -3.24. The Morgan fingerprint density at radius 3 is 2.17 bits per heavy atom. The van der Waals surface area contributed by atoms with Gasteiger partial charge in [0.05, 0.1) is 12.2 Å². The minimum Gasteiger partial charge on any atom is -0.455 e. The molecule has 0 aromatic heterocycles. The van der Waals surface area contributed by atoms with Crippen molar-refractivity contribution in [1.29, 1.82) is 0 Å². The standard InChI is InChI=1S/C19H26FN3O5S/c1-29(26,27)23-8-6-15(7-9-23)19(25)28-14-18(24)22-12-10-21(11-13-22)17-4-2-16(20)3-5-17/h2-5,15H,6-14H2,1H3. The summed E-state index contributed by atoms with van der Waals surface area (Å²) in [7, 11) is -3.24. The highest BCUT2D eigenvalue weighted by atomic mass is 32.2. The Hall–Kier alpha value is -2.20. The average Bonchev–Trinajstić information content (AvgIpc) is 2.72. The lowest BCUT2D eigenvalue weighted by Crippen LogP contribution is -2.50. The number of piperazine rings is 1. The number of carbonyl (C=O) groups is 2. The molecule has 3 rings (SSSR count). The highest BCUT2D eigenvalue weighted by molar-refractivity contribution is 7.88. The Bertz CT molecular complexity index is 830. The lowest BCUT2D eigenvalue weighted by atomic mass is 9.98. The summed E-state index contributed by atoms with van der Waals surface area (Å²) >= 11 is 0. The predicted octanol–water partition coefficient (Wildman–Crippen LogP) is 0.689. The van der Waals surface area contributed by atoms with Crippen molar-refractivity contribution in [3.8, 4) is 0 Å². The van der Waals surface area contributed by atoms with E-state index in [0.29, 0.717) is 39.0 Å². The third-order valence-corrected chi connectivity index (χ3v) is 6.72. The van der Waals surface area contributed by atoms with E-state index in [9.17, 15) is 22.4 Å². The maximum atomic E-state index is 13.0. The molecule has 2 aliphatic rings. The summed E-state index contributed by atoms with van der Waals surface area (Å²) in [4.78, 5) is 28.3. The van der Waals surface area contributed by atoms with E-state index in [0.717, 1.165) is 11.9 Å². The lowest BCUT2D eigenvalue weighted by molar-refractivity contribution is -0.156. The molecule has 29 heavy (non-hydrogen) atoms. The van der Waals surface area contributed by atoms with Crippen LogP contribution in [0.3, 0.4) is 0 Å². The molecule has 0 unspecified atom stereocenters. The third-order valence-electron chi connectivity index (χ3n) is 5.42. The van der Waals surface area contributed by atoms with Crippen molar-refractivity contribution in [1.82, 2.24) is 9.21 Å². The van der Waals surface area contributed by atoms with E-state index in [1.807, 2.05) is 0 Å². The molecule has 0 saturated carbocycles. The molecule has 0 spiro atoms. The molecular formula is C19H26FN3O5S. The Morgan fingerprint density at radius 2 is 1.62 bits per heavy atom. The van der Waals surface area contributed by atoms with Gasteiger partial charge in [0, 0.05) is 45.0 Å². The fraction of sp³-hybridized carbons (Fsp3) is 0.579. The van der Waals surface area contributed by atoms with Crippen LogP contribution < -0.4 is 4.90 Å². The third kappa shape index (κ3) is 5.66. The molecule has 1 amide bonds. The number of sulfonamides is 1. The normalized spacial score (nSPS) is 19.2. The fourth-order valence-electron chi connectivity index (χ4n) is 3.63. The van der Waals surface area contributed by atoms with Crippen LogP contribution in [0.2, 0.25) is 0 Å². The molecule has 1 aromatic rings. The monoisotopic (exact) mass is 427 g/mol. The molecule has 2 fully saturated rings. The van der Waals surface area contributed by atoms with Crippen LogP contribution in [-0.2, 0) is 24.3 Å². The van der Waals surface area contributed by atoms with Crippen molar-refractivity contribution in [3.63, 3.8) is 0 Å². The van der Waals surface area contributed by atoms with Gasteiger partial charge in [0.2, 0.25) is 10.0 Å². The van der Waals surface area contributed by atoms with Crippen molar-refractivity contribution in [2.45, 2.75) is 12.8 Å². The molecule has 1 aromatic carbocycles. The van der Waals surface area contributed by atoms with Crippen LogP contribution in [0, 0.1) is 11.7 Å². The first-order valence-corrected chi connectivity index (χ1v) is 11.5. The zero-order valence-electron chi connectivity index (χ0n) is 16.4. The van der Waals surface area contributed by atoms with Crippen LogP contribution in [-0.4, -0.2) is 81.6 Å². The molecule has 10 heteroatoms. The fourth-order valence-corrected chi connectivity index (χ4v) is 4.51. The number of ether oxygens (including phenoxy) is 1. The molecule has 2 saturated heterocycles. The van der Waals surface area contributed by atoms with Gasteiger partial charge in [0.1, 0.15) is 5.82 Å². The molecule has 160 valence electrons. The van der Waals surface area contributed by atoms with Crippen molar-refractivity contribution in [2.75, 3.05) is 57.0 Å². The van der Waals surface area contributed by atoms with Gasteiger partial charge in [-0.15, -0.1) is 0 Å². The number of hydrogen-bond donors (Lipinski definition) is 0. The smallest absolute Gasteiger partial charge is 0.309 e. The number of anilines is 1. The van der Waals surface area contributed by atoms with Crippen LogP contribution in [0.25, 0.3) is 0 Å². The van der Waals surface area contributed by atoms with E-state index in [2.05, 4.69) is 4.90 Å². The Balaban J connectivity index is 1.40. The van der Waals surface area contributed by atoms with Crippen LogP contribution in [0.5, 0.6) is 0 Å². The molecule has 0 atom stereocenters. The SMILES string of the molecule is CS(=O)(=O)N1CCC(C(=O)OCC(=O)N2CCN(c3ccc(F)cc3)CC2)CC1. The first-order chi connectivity index (χ1) is 13.7. The van der Waals surface area contributed by atoms with E-state index in [1.165, 1.54) is 16.4 Å². The van der Waals surface area contributed by atoms with E-state index < -0.39 is 16.0 Å². The number of nitrogens with zero attached hydrogens (tertiary/aromatic N) is 3. The van der Waals surface area contributed by atoms with Crippen LogP contribution in [0.4, 0.5) is 10.1 Å². The summed E-state index contributed by atoms with van der Waals surface area (Å²) < 4.78 is 42.6. The summed E-state index contributed by atoms with van der Waals surface area (Å²) in [5.41, 5.74) is 0.908. The molecule has 2 heterocycles. The summed E-state index contributed by atoms with van der Waals surface area (Å²) in [5.74, 6) is -1.36. The summed E-state index contributed by atoms with van der Waals surface area (Å²) in [6.07, 6.45) is 1.95. The Morgan fingerprint density at radius 1 is 1.03 bits per heavy atom. The first-order valence-electron chi connectivity index (χ1n) is 9.64. The second kappa shape index (κ2) is 9.08. The largest absolute Gasteiger partial charge is 0.455 e. The maximum Gasteiger partial charge on any atom is 0.309 e. The second-order valence-electron chi connectivity index (χ2n) is 7.39. The van der Waals surface area contributed by atoms with Crippen LogP contribution in [0.1, 0.15) is 12.8 Å². The van der Waals surface area contributed by atoms with Gasteiger partial charge in [-0.3, -0.25) is 9.59 Å². The van der Waals surface area contributed by atoms with Gasteiger partial charge in [-0.05, 0) is 37.1 Å². The van der Waals surface area contributed by atoms with Crippen molar-refractivity contribution >= 4 is 27.6 Å². The lowest BCUT2D eigenvalue weighted by Gasteiger charge is -2.36. The number of esters is 1. The quantitative estimate of drug-likeness (QED) is 0.643. The molecule has 8 nitrogen and oxygen atoms in total. The summed E-state index contributed by atoms with van der Waals surface area (Å²) in [6.45, 7) is 2.52. The average molecular weight is 427 g/mol. The van der Waals surface area contributed by atoms with E-state index in [1.54, 1.807) is 17.0 Å².